The fraction of sp³-hybridized carbons (Fsp3) is 0.909. The molecule has 2 saturated carbocycles. The SMILES string of the molecule is O=C(NC[C@]12CNC[C@@]1(C(F)(F)F)C2)C1CC1. The van der Waals surface area contributed by atoms with Crippen molar-refractivity contribution in [2.24, 2.45) is 16.7 Å². The van der Waals surface area contributed by atoms with Gasteiger partial charge in [0.2, 0.25) is 5.91 Å². The van der Waals surface area contributed by atoms with E-state index in [0.29, 0.717) is 6.54 Å². The summed E-state index contributed by atoms with van der Waals surface area (Å²) >= 11 is 0. The molecule has 1 aliphatic heterocycles. The van der Waals surface area contributed by atoms with Crippen LogP contribution >= 0.6 is 0 Å². The molecule has 1 amide bonds. The molecule has 0 aromatic rings. The number of hydrogen-bond donors (Lipinski definition) is 2. The van der Waals surface area contributed by atoms with Gasteiger partial charge in [-0.05, 0) is 19.3 Å². The summed E-state index contributed by atoms with van der Waals surface area (Å²) in [7, 11) is 0. The topological polar surface area (TPSA) is 41.1 Å². The van der Waals surface area contributed by atoms with Crippen molar-refractivity contribution >= 4 is 5.91 Å². The minimum Gasteiger partial charge on any atom is -0.355 e. The van der Waals surface area contributed by atoms with Gasteiger partial charge in [0.1, 0.15) is 0 Å². The first-order valence-corrected chi connectivity index (χ1v) is 5.95. The normalized spacial score (nSPS) is 39.9. The maximum absolute atomic E-state index is 13.0. The van der Waals surface area contributed by atoms with Crippen LogP contribution < -0.4 is 10.6 Å². The molecule has 1 saturated heterocycles. The molecule has 0 unspecified atom stereocenters. The average molecular weight is 248 g/mol. The highest BCUT2D eigenvalue weighted by atomic mass is 19.4. The van der Waals surface area contributed by atoms with Crippen molar-refractivity contribution in [3.63, 3.8) is 0 Å². The van der Waals surface area contributed by atoms with Crippen LogP contribution in [0.15, 0.2) is 0 Å². The largest absolute Gasteiger partial charge is 0.396 e. The molecule has 0 aromatic heterocycles. The molecule has 3 nitrogen and oxygen atoms in total. The summed E-state index contributed by atoms with van der Waals surface area (Å²) in [5.74, 6) is -0.0194. The molecule has 3 rings (SSSR count). The van der Waals surface area contributed by atoms with E-state index in [0.717, 1.165) is 12.8 Å². The number of piperidine rings is 1. The van der Waals surface area contributed by atoms with E-state index < -0.39 is 17.0 Å². The molecule has 96 valence electrons. The first kappa shape index (κ1) is 11.3. The van der Waals surface area contributed by atoms with Crippen LogP contribution in [0.1, 0.15) is 19.3 Å². The van der Waals surface area contributed by atoms with Crippen molar-refractivity contribution in [2.45, 2.75) is 25.4 Å². The van der Waals surface area contributed by atoms with Crippen LogP contribution in [0.25, 0.3) is 0 Å². The number of rotatable bonds is 3. The Labute approximate surface area is 97.1 Å². The van der Waals surface area contributed by atoms with Gasteiger partial charge in [0.05, 0.1) is 5.41 Å². The number of nitrogens with one attached hydrogen (secondary N) is 2. The lowest BCUT2D eigenvalue weighted by molar-refractivity contribution is -0.190. The molecule has 3 aliphatic rings. The summed E-state index contributed by atoms with van der Waals surface area (Å²) in [5.41, 5.74) is -2.37. The zero-order chi connectivity index (χ0) is 12.3. The number of alkyl halides is 3. The van der Waals surface area contributed by atoms with Crippen molar-refractivity contribution in [2.75, 3.05) is 19.6 Å². The Morgan fingerprint density at radius 3 is 2.59 bits per heavy atom. The third-order valence-electron chi connectivity index (χ3n) is 4.51. The number of halogens is 3. The first-order valence-electron chi connectivity index (χ1n) is 5.95. The lowest BCUT2D eigenvalue weighted by Crippen LogP contribution is -2.38. The van der Waals surface area contributed by atoms with Gasteiger partial charge in [-0.2, -0.15) is 13.2 Å². The maximum Gasteiger partial charge on any atom is 0.396 e. The van der Waals surface area contributed by atoms with Gasteiger partial charge >= 0.3 is 6.18 Å². The van der Waals surface area contributed by atoms with Crippen LogP contribution in [0.4, 0.5) is 13.2 Å². The highest BCUT2D eigenvalue weighted by molar-refractivity contribution is 5.80. The maximum atomic E-state index is 13.0. The number of fused-ring (bicyclic) bond motifs is 1. The number of carbonyl (C=O) groups excluding carboxylic acids is 1. The molecule has 17 heavy (non-hydrogen) atoms. The molecule has 0 bridgehead atoms. The van der Waals surface area contributed by atoms with E-state index in [4.69, 9.17) is 0 Å². The second-order valence-electron chi connectivity index (χ2n) is 5.63. The molecule has 2 N–H and O–H groups in total. The van der Waals surface area contributed by atoms with Crippen molar-refractivity contribution in [1.29, 1.82) is 0 Å². The third kappa shape index (κ3) is 1.49. The summed E-state index contributed by atoms with van der Waals surface area (Å²) in [5, 5.41) is 5.49. The van der Waals surface area contributed by atoms with Crippen LogP contribution in [-0.4, -0.2) is 31.7 Å². The lowest BCUT2D eigenvalue weighted by atomic mass is 9.95. The average Bonchev–Trinajstić information content (AvgIpc) is 3.13. The van der Waals surface area contributed by atoms with Crippen LogP contribution in [0.2, 0.25) is 0 Å². The van der Waals surface area contributed by atoms with Crippen LogP contribution in [0, 0.1) is 16.7 Å². The Bertz CT molecular complexity index is 366. The molecule has 6 heteroatoms. The number of carbonyl (C=O) groups is 1. The summed E-state index contributed by atoms with van der Waals surface area (Å²) < 4.78 is 38.9. The van der Waals surface area contributed by atoms with Crippen molar-refractivity contribution in [3.05, 3.63) is 0 Å². The van der Waals surface area contributed by atoms with Gasteiger partial charge in [0, 0.05) is 31.0 Å². The quantitative estimate of drug-likeness (QED) is 0.784. The minimum absolute atomic E-state index is 0.00417. The Kier molecular flexibility index (Phi) is 2.10. The second-order valence-corrected chi connectivity index (χ2v) is 5.63. The van der Waals surface area contributed by atoms with E-state index in [9.17, 15) is 18.0 Å². The molecular formula is C11H15F3N2O. The standard InChI is InChI=1S/C11H15F3N2O/c12-11(13,14)10-3-9(10,4-15-6-10)5-16-8(17)7-1-2-7/h7,15H,1-6H2,(H,16,17)/t9-,10-/m0/s1. The van der Waals surface area contributed by atoms with E-state index >= 15 is 0 Å². The van der Waals surface area contributed by atoms with Crippen LogP contribution in [0.3, 0.4) is 0 Å². The van der Waals surface area contributed by atoms with Crippen molar-refractivity contribution in [1.82, 2.24) is 10.6 Å². The summed E-state index contributed by atoms with van der Waals surface area (Å²) in [6.07, 6.45) is -2.26. The second kappa shape index (κ2) is 3.16. The fourth-order valence-corrected chi connectivity index (χ4v) is 3.07. The predicted octanol–water partition coefficient (Wildman–Crippen LogP) is 1.05. The minimum atomic E-state index is -4.17. The highest BCUT2D eigenvalue weighted by Gasteiger charge is 2.81. The molecule has 2 aliphatic carbocycles. The Morgan fingerprint density at radius 1 is 1.35 bits per heavy atom. The van der Waals surface area contributed by atoms with Gasteiger partial charge < -0.3 is 10.6 Å². The van der Waals surface area contributed by atoms with E-state index in [1.54, 1.807) is 0 Å². The Hall–Kier alpha value is -0.780. The van der Waals surface area contributed by atoms with Crippen molar-refractivity contribution in [3.8, 4) is 0 Å². The smallest absolute Gasteiger partial charge is 0.355 e. The summed E-state index contributed by atoms with van der Waals surface area (Å²) in [6.45, 7) is 0.516. The molecular weight excluding hydrogens is 233 g/mol. The zero-order valence-electron chi connectivity index (χ0n) is 9.36. The van der Waals surface area contributed by atoms with E-state index in [-0.39, 0.29) is 31.3 Å². The molecule has 2 atom stereocenters. The zero-order valence-corrected chi connectivity index (χ0v) is 9.36. The fourth-order valence-electron chi connectivity index (χ4n) is 3.07. The molecule has 0 radical (unpaired) electrons. The highest BCUT2D eigenvalue weighted by Crippen LogP contribution is 2.72. The van der Waals surface area contributed by atoms with Crippen LogP contribution in [0.5, 0.6) is 0 Å². The number of amides is 1. The van der Waals surface area contributed by atoms with E-state index in [2.05, 4.69) is 10.6 Å². The Morgan fingerprint density at radius 2 is 2.06 bits per heavy atom. The monoisotopic (exact) mass is 248 g/mol. The van der Waals surface area contributed by atoms with Gasteiger partial charge in [0.25, 0.3) is 0 Å². The van der Waals surface area contributed by atoms with Gasteiger partial charge in [-0.3, -0.25) is 4.79 Å². The predicted molar refractivity (Wildman–Crippen MR) is 54.1 cm³/mol. The van der Waals surface area contributed by atoms with Gasteiger partial charge in [-0.15, -0.1) is 0 Å². The van der Waals surface area contributed by atoms with Gasteiger partial charge in [-0.25, -0.2) is 0 Å². The lowest BCUT2D eigenvalue weighted by Gasteiger charge is -2.20. The molecule has 1 heterocycles. The van der Waals surface area contributed by atoms with Crippen LogP contribution in [-0.2, 0) is 4.79 Å². The van der Waals surface area contributed by atoms with E-state index in [1.807, 2.05) is 0 Å². The first-order chi connectivity index (χ1) is 7.90. The molecule has 0 spiro atoms. The number of hydrogen-bond acceptors (Lipinski definition) is 2. The summed E-state index contributed by atoms with van der Waals surface area (Å²) in [4.78, 5) is 11.5. The Balaban J connectivity index is 1.65. The van der Waals surface area contributed by atoms with E-state index in [1.165, 1.54) is 0 Å². The summed E-state index contributed by atoms with van der Waals surface area (Å²) in [6, 6.07) is 0. The molecule has 0 aromatic carbocycles. The van der Waals surface area contributed by atoms with Gasteiger partial charge in [-0.1, -0.05) is 0 Å². The molecule has 3 fully saturated rings. The van der Waals surface area contributed by atoms with Gasteiger partial charge in [0.15, 0.2) is 0 Å². The third-order valence-corrected chi connectivity index (χ3v) is 4.51. The van der Waals surface area contributed by atoms with Crippen molar-refractivity contribution < 1.29 is 18.0 Å².